The number of anilines is 3. The highest BCUT2D eigenvalue weighted by Crippen LogP contribution is 2.37. The smallest absolute Gasteiger partial charge is 0.0708 e. The summed E-state index contributed by atoms with van der Waals surface area (Å²) in [5.74, 6) is 0. The summed E-state index contributed by atoms with van der Waals surface area (Å²) in [6, 6.07) is 45.3. The van der Waals surface area contributed by atoms with Gasteiger partial charge >= 0.3 is 0 Å². The maximum absolute atomic E-state index is 4.76. The van der Waals surface area contributed by atoms with E-state index in [0.717, 1.165) is 45.8 Å². The van der Waals surface area contributed by atoms with Crippen LogP contribution in [0.25, 0.3) is 44.2 Å². The lowest BCUT2D eigenvalue weighted by molar-refractivity contribution is 0.993. The van der Waals surface area contributed by atoms with E-state index in [1.807, 2.05) is 43.0 Å². The van der Waals surface area contributed by atoms with Crippen molar-refractivity contribution >= 4 is 38.9 Å². The fourth-order valence-electron chi connectivity index (χ4n) is 6.10. The van der Waals surface area contributed by atoms with Crippen LogP contribution >= 0.6 is 0 Å². The molecule has 1 aliphatic heterocycles. The zero-order valence-electron chi connectivity index (χ0n) is 25.8. The summed E-state index contributed by atoms with van der Waals surface area (Å²) < 4.78 is 2.16. The molecule has 4 aromatic carbocycles. The Morgan fingerprint density at radius 3 is 2.00 bits per heavy atom. The third-order valence-electron chi connectivity index (χ3n) is 8.58. The second kappa shape index (κ2) is 12.6. The van der Waals surface area contributed by atoms with Crippen molar-refractivity contribution in [1.29, 1.82) is 0 Å². The van der Waals surface area contributed by atoms with Crippen molar-refractivity contribution in [2.45, 2.75) is 0 Å². The molecular weight excluding hydrogens is 574 g/mol. The van der Waals surface area contributed by atoms with Gasteiger partial charge in [0.2, 0.25) is 0 Å². The number of benzene rings is 4. The maximum atomic E-state index is 4.76. The van der Waals surface area contributed by atoms with Crippen molar-refractivity contribution in [2.75, 3.05) is 11.4 Å². The lowest BCUT2D eigenvalue weighted by Gasteiger charge is -2.26. The first-order valence-corrected chi connectivity index (χ1v) is 15.8. The van der Waals surface area contributed by atoms with Crippen LogP contribution in [-0.2, 0) is 0 Å². The van der Waals surface area contributed by atoms with Crippen LogP contribution in [-0.4, -0.2) is 15.9 Å². The average molecular weight is 608 g/mol. The molecule has 0 fully saturated rings. The van der Waals surface area contributed by atoms with Crippen molar-refractivity contribution in [3.63, 3.8) is 0 Å². The van der Waals surface area contributed by atoms with Gasteiger partial charge in [-0.2, -0.15) is 0 Å². The minimum Gasteiger partial charge on any atom is -0.387 e. The van der Waals surface area contributed by atoms with Gasteiger partial charge in [0.15, 0.2) is 0 Å². The molecule has 0 aliphatic carbocycles. The topological polar surface area (TPSA) is 44.6 Å². The van der Waals surface area contributed by atoms with E-state index >= 15 is 0 Å². The van der Waals surface area contributed by atoms with Crippen LogP contribution in [0.2, 0.25) is 0 Å². The third-order valence-corrected chi connectivity index (χ3v) is 8.58. The van der Waals surface area contributed by atoms with E-state index in [2.05, 4.69) is 154 Å². The minimum atomic E-state index is 0.731. The van der Waals surface area contributed by atoms with Crippen LogP contribution in [0.5, 0.6) is 0 Å². The van der Waals surface area contributed by atoms with Crippen LogP contribution < -0.4 is 15.5 Å². The molecule has 0 saturated carbocycles. The molecule has 5 heteroatoms. The molecule has 0 amide bonds. The highest BCUT2D eigenvalue weighted by Gasteiger charge is 2.15. The molecule has 3 aromatic heterocycles. The van der Waals surface area contributed by atoms with Crippen molar-refractivity contribution < 1.29 is 0 Å². The molecule has 0 atom stereocenters. The Balaban J connectivity index is 1.15. The second-order valence-electron chi connectivity index (χ2n) is 11.6. The molecular formula is C42H33N5. The quantitative estimate of drug-likeness (QED) is 0.198. The second-order valence-corrected chi connectivity index (χ2v) is 11.6. The van der Waals surface area contributed by atoms with Gasteiger partial charge in [0, 0.05) is 76.6 Å². The van der Waals surface area contributed by atoms with Crippen LogP contribution in [0.3, 0.4) is 0 Å². The Bertz CT molecular complexity index is 2220. The summed E-state index contributed by atoms with van der Waals surface area (Å²) in [6.45, 7) is 0.731. The summed E-state index contributed by atoms with van der Waals surface area (Å²) in [5, 5.41) is 8.96. The maximum Gasteiger partial charge on any atom is 0.0708 e. The van der Waals surface area contributed by atoms with Gasteiger partial charge in [-0.25, -0.2) is 0 Å². The number of hydrogen-bond donors (Lipinski definition) is 2. The molecule has 1 aliphatic rings. The monoisotopic (exact) mass is 607 g/mol. The highest BCUT2D eigenvalue weighted by atomic mass is 15.1. The zero-order valence-corrected chi connectivity index (χ0v) is 25.8. The normalized spacial score (nSPS) is 14.0. The van der Waals surface area contributed by atoms with E-state index in [0.29, 0.717) is 0 Å². The zero-order chi connectivity index (χ0) is 31.4. The van der Waals surface area contributed by atoms with Crippen LogP contribution in [0.4, 0.5) is 17.1 Å². The lowest BCUT2D eigenvalue weighted by Crippen LogP contribution is -2.12. The molecule has 47 heavy (non-hydrogen) atoms. The number of nitrogens with zero attached hydrogens (tertiary/aromatic N) is 3. The van der Waals surface area contributed by atoms with Crippen molar-refractivity contribution in [3.8, 4) is 22.4 Å². The molecule has 0 saturated heterocycles. The van der Waals surface area contributed by atoms with Gasteiger partial charge in [0.25, 0.3) is 0 Å². The number of hydrogen-bond acceptors (Lipinski definition) is 4. The molecule has 2 N–H and O–H groups in total. The predicted octanol–water partition coefficient (Wildman–Crippen LogP) is 9.85. The van der Waals surface area contributed by atoms with Crippen LogP contribution in [0.1, 0.15) is 5.56 Å². The van der Waals surface area contributed by atoms with Crippen LogP contribution in [0.15, 0.2) is 177 Å². The summed E-state index contributed by atoms with van der Waals surface area (Å²) >= 11 is 0. The first-order valence-electron chi connectivity index (χ1n) is 15.8. The van der Waals surface area contributed by atoms with Gasteiger partial charge in [0.1, 0.15) is 0 Å². The molecule has 5 nitrogen and oxygen atoms in total. The molecule has 226 valence electrons. The molecule has 0 radical (unpaired) electrons. The molecule has 0 bridgehead atoms. The lowest BCUT2D eigenvalue weighted by atomic mass is 10.0. The number of pyridine rings is 2. The van der Waals surface area contributed by atoms with E-state index in [4.69, 9.17) is 4.98 Å². The Hall–Kier alpha value is -6.33. The van der Waals surface area contributed by atoms with Gasteiger partial charge in [0.05, 0.1) is 5.69 Å². The van der Waals surface area contributed by atoms with E-state index in [-0.39, 0.29) is 0 Å². The number of allylic oxidation sites excluding steroid dienone is 2. The van der Waals surface area contributed by atoms with Crippen LogP contribution in [0, 0.1) is 0 Å². The van der Waals surface area contributed by atoms with Gasteiger partial charge < -0.3 is 19.9 Å². The molecule has 8 rings (SSSR count). The van der Waals surface area contributed by atoms with Gasteiger partial charge in [-0.1, -0.05) is 66.7 Å². The fourth-order valence-corrected chi connectivity index (χ4v) is 6.10. The highest BCUT2D eigenvalue weighted by molar-refractivity contribution is 5.86. The Morgan fingerprint density at radius 2 is 1.26 bits per heavy atom. The van der Waals surface area contributed by atoms with Gasteiger partial charge in [-0.3, -0.25) is 4.98 Å². The van der Waals surface area contributed by atoms with E-state index < -0.39 is 0 Å². The standard InChI is InChI=1S/C42H33N5/c1-2-8-35-29-45-42(26-34(35)7-1)33-14-20-40(21-15-33)47(39-18-12-32(13-19-39)37-27-43-22-4-5-23-44-28-37)38-16-10-31(11-17-38)36-25-41-9-3-6-24-46(41)30-36/h1-27,29-30,43-44H,28H2/b22-4?,23-5?,37-27+. The minimum absolute atomic E-state index is 0.731. The van der Waals surface area contributed by atoms with E-state index in [9.17, 15) is 0 Å². The van der Waals surface area contributed by atoms with Gasteiger partial charge in [-0.05, 0) is 101 Å². The number of fused-ring (bicyclic) bond motifs is 2. The summed E-state index contributed by atoms with van der Waals surface area (Å²) in [6.07, 6.45) is 16.1. The number of aromatic nitrogens is 2. The van der Waals surface area contributed by atoms with E-state index in [1.54, 1.807) is 0 Å². The average Bonchev–Trinajstić information content (AvgIpc) is 3.62. The summed E-state index contributed by atoms with van der Waals surface area (Å²) in [4.78, 5) is 7.06. The van der Waals surface area contributed by atoms with Crippen molar-refractivity contribution in [3.05, 3.63) is 182 Å². The number of nitrogens with one attached hydrogen (secondary N) is 2. The number of rotatable bonds is 6. The SMILES string of the molecule is C1=CN/C=C(/c2ccc(N(c3ccc(-c4cc5ccccn5c4)cc3)c3ccc(-c4cc5ccccc5cn4)cc3)cc2)CNC=C1. The Kier molecular flexibility index (Phi) is 7.54. The molecule has 4 heterocycles. The molecule has 0 unspecified atom stereocenters. The van der Waals surface area contributed by atoms with E-state index in [1.165, 1.54) is 27.6 Å². The van der Waals surface area contributed by atoms with Crippen molar-refractivity contribution in [1.82, 2.24) is 20.0 Å². The molecule has 0 spiro atoms. The summed E-state index contributed by atoms with van der Waals surface area (Å²) in [7, 11) is 0. The Labute approximate surface area is 274 Å². The predicted molar refractivity (Wildman–Crippen MR) is 196 cm³/mol. The van der Waals surface area contributed by atoms with Gasteiger partial charge in [-0.15, -0.1) is 0 Å². The molecule has 7 aromatic rings. The summed E-state index contributed by atoms with van der Waals surface area (Å²) in [5.41, 5.74) is 11.2. The fraction of sp³-hybridized carbons (Fsp3) is 0.0238. The van der Waals surface area contributed by atoms with Crippen molar-refractivity contribution in [2.24, 2.45) is 0 Å². The third kappa shape index (κ3) is 5.90. The first kappa shape index (κ1) is 28.2. The Morgan fingerprint density at radius 1 is 0.596 bits per heavy atom. The first-order chi connectivity index (χ1) is 23.3. The largest absolute Gasteiger partial charge is 0.387 e.